The van der Waals surface area contributed by atoms with Gasteiger partial charge in [-0.25, -0.2) is 0 Å². The first-order valence-electron chi connectivity index (χ1n) is 7.96. The highest BCUT2D eigenvalue weighted by Crippen LogP contribution is 2.33. The molecule has 0 fully saturated rings. The quantitative estimate of drug-likeness (QED) is 0.683. The average molecular weight is 296 g/mol. The second-order valence-electron chi connectivity index (χ2n) is 5.57. The minimum atomic E-state index is 0.811. The van der Waals surface area contributed by atoms with E-state index in [1.165, 1.54) is 43.2 Å². The van der Waals surface area contributed by atoms with Crippen molar-refractivity contribution in [3.63, 3.8) is 0 Å². The smallest absolute Gasteiger partial charge is 0.125 e. The summed E-state index contributed by atoms with van der Waals surface area (Å²) in [4.78, 5) is 0. The van der Waals surface area contributed by atoms with Gasteiger partial charge >= 0.3 is 0 Å². The van der Waals surface area contributed by atoms with Crippen molar-refractivity contribution in [1.82, 2.24) is 5.32 Å². The zero-order valence-electron chi connectivity index (χ0n) is 12.5. The molecule has 1 aliphatic heterocycles. The largest absolute Gasteiger partial charge is 0.493 e. The number of fused-ring (bicyclic) bond motifs is 1. The predicted molar refractivity (Wildman–Crippen MR) is 86.0 cm³/mol. The molecule has 0 aromatic heterocycles. The number of halogens is 1. The van der Waals surface area contributed by atoms with Gasteiger partial charge in [-0.1, -0.05) is 31.4 Å². The summed E-state index contributed by atoms with van der Waals surface area (Å²) in [6.45, 7) is 5.32. The fourth-order valence-electron chi connectivity index (χ4n) is 2.75. The van der Waals surface area contributed by atoms with E-state index in [4.69, 9.17) is 16.3 Å². The number of unbranched alkanes of at least 4 members (excludes halogenated alkanes) is 3. The molecule has 20 heavy (non-hydrogen) atoms. The van der Waals surface area contributed by atoms with Gasteiger partial charge in [0.25, 0.3) is 0 Å². The van der Waals surface area contributed by atoms with Crippen LogP contribution in [0.1, 0.15) is 50.2 Å². The van der Waals surface area contributed by atoms with E-state index in [1.54, 1.807) is 0 Å². The Labute approximate surface area is 127 Å². The van der Waals surface area contributed by atoms with Crippen LogP contribution in [0.3, 0.4) is 0 Å². The lowest BCUT2D eigenvalue weighted by Gasteiger charge is -2.09. The molecule has 0 saturated heterocycles. The van der Waals surface area contributed by atoms with E-state index in [-0.39, 0.29) is 0 Å². The van der Waals surface area contributed by atoms with Gasteiger partial charge in [-0.15, -0.1) is 0 Å². The molecule has 0 radical (unpaired) electrons. The molecule has 0 aliphatic carbocycles. The Morgan fingerprint density at radius 1 is 1.15 bits per heavy atom. The highest BCUT2D eigenvalue weighted by molar-refractivity contribution is 6.30. The summed E-state index contributed by atoms with van der Waals surface area (Å²) in [5.41, 5.74) is 2.59. The van der Waals surface area contributed by atoms with Crippen LogP contribution in [0.4, 0.5) is 0 Å². The molecule has 2 nitrogen and oxygen atoms in total. The van der Waals surface area contributed by atoms with E-state index < -0.39 is 0 Å². The van der Waals surface area contributed by atoms with Crippen molar-refractivity contribution in [2.24, 2.45) is 0 Å². The van der Waals surface area contributed by atoms with Crippen LogP contribution < -0.4 is 10.1 Å². The van der Waals surface area contributed by atoms with Gasteiger partial charge in [0, 0.05) is 11.4 Å². The van der Waals surface area contributed by atoms with E-state index >= 15 is 0 Å². The molecule has 1 N–H and O–H groups in total. The highest BCUT2D eigenvalue weighted by Gasteiger charge is 2.16. The first-order valence-corrected chi connectivity index (χ1v) is 8.34. The Morgan fingerprint density at radius 3 is 2.85 bits per heavy atom. The molecule has 1 heterocycles. The lowest BCUT2D eigenvalue weighted by atomic mass is 10.0. The summed E-state index contributed by atoms with van der Waals surface area (Å²) in [6.07, 6.45) is 8.42. The maximum atomic E-state index is 6.18. The van der Waals surface area contributed by atoms with Gasteiger partial charge in [-0.3, -0.25) is 0 Å². The number of hydrogen-bond acceptors (Lipinski definition) is 2. The Kier molecular flexibility index (Phi) is 6.68. The van der Waals surface area contributed by atoms with Crippen molar-refractivity contribution in [3.05, 3.63) is 28.3 Å². The van der Waals surface area contributed by atoms with Crippen molar-refractivity contribution in [2.45, 2.75) is 51.9 Å². The zero-order chi connectivity index (χ0) is 14.2. The summed E-state index contributed by atoms with van der Waals surface area (Å²) in [6, 6.07) is 4.13. The average Bonchev–Trinajstić information content (AvgIpc) is 2.89. The van der Waals surface area contributed by atoms with Crippen LogP contribution in [0.15, 0.2) is 12.1 Å². The van der Waals surface area contributed by atoms with E-state index in [1.807, 2.05) is 6.07 Å². The number of hydrogen-bond donors (Lipinski definition) is 1. The maximum Gasteiger partial charge on any atom is 0.125 e. The fraction of sp³-hybridized carbons (Fsp3) is 0.647. The lowest BCUT2D eigenvalue weighted by molar-refractivity contribution is 0.353. The van der Waals surface area contributed by atoms with Crippen molar-refractivity contribution in [3.8, 4) is 5.75 Å². The molecule has 3 heteroatoms. The molecule has 1 aromatic carbocycles. The Hall–Kier alpha value is -0.730. The van der Waals surface area contributed by atoms with Gasteiger partial charge < -0.3 is 10.1 Å². The third-order valence-corrected chi connectivity index (χ3v) is 4.02. The minimum Gasteiger partial charge on any atom is -0.493 e. The van der Waals surface area contributed by atoms with Gasteiger partial charge in [0.1, 0.15) is 5.75 Å². The summed E-state index contributed by atoms with van der Waals surface area (Å²) < 4.78 is 5.74. The van der Waals surface area contributed by atoms with Crippen LogP contribution in [0.5, 0.6) is 5.75 Å². The molecule has 0 unspecified atom stereocenters. The molecule has 0 amide bonds. The van der Waals surface area contributed by atoms with Crippen molar-refractivity contribution >= 4 is 11.6 Å². The number of rotatable bonds is 9. The number of aryl methyl sites for hydroxylation is 1. The normalized spacial score (nSPS) is 13.3. The molecule has 2 rings (SSSR count). The SMILES string of the molecule is CCCNCCCCCCc1cc(Cl)cc2c1OCC2. The topological polar surface area (TPSA) is 21.3 Å². The molecular formula is C17H26ClNO. The summed E-state index contributed by atoms with van der Waals surface area (Å²) in [7, 11) is 0. The molecule has 0 saturated carbocycles. The molecule has 1 aliphatic rings. The van der Waals surface area contributed by atoms with E-state index in [0.717, 1.165) is 43.3 Å². The van der Waals surface area contributed by atoms with Crippen molar-refractivity contribution < 1.29 is 4.74 Å². The van der Waals surface area contributed by atoms with E-state index in [0.29, 0.717) is 0 Å². The van der Waals surface area contributed by atoms with Gasteiger partial charge in [-0.05, 0) is 62.0 Å². The van der Waals surface area contributed by atoms with Crippen LogP contribution >= 0.6 is 11.6 Å². The zero-order valence-corrected chi connectivity index (χ0v) is 13.3. The first-order chi connectivity index (χ1) is 9.81. The van der Waals surface area contributed by atoms with Gasteiger partial charge in [0.05, 0.1) is 6.61 Å². The monoisotopic (exact) mass is 295 g/mol. The summed E-state index contributed by atoms with van der Waals surface area (Å²) in [5.74, 6) is 1.11. The second-order valence-corrected chi connectivity index (χ2v) is 6.00. The van der Waals surface area contributed by atoms with Gasteiger partial charge in [0.15, 0.2) is 0 Å². The Bertz CT molecular complexity index is 420. The third-order valence-electron chi connectivity index (χ3n) is 3.80. The number of ether oxygens (including phenoxy) is 1. The third kappa shape index (κ3) is 4.68. The molecule has 1 aromatic rings. The lowest BCUT2D eigenvalue weighted by Crippen LogP contribution is -2.15. The Balaban J connectivity index is 1.67. The fourth-order valence-corrected chi connectivity index (χ4v) is 3.02. The molecule has 112 valence electrons. The minimum absolute atomic E-state index is 0.811. The van der Waals surface area contributed by atoms with E-state index in [9.17, 15) is 0 Å². The standard InChI is InChI=1S/C17H26ClNO/c1-2-9-19-10-6-4-3-5-7-14-12-16(18)13-15-8-11-20-17(14)15/h12-13,19H,2-11H2,1H3. The number of nitrogens with one attached hydrogen (secondary N) is 1. The first kappa shape index (κ1) is 15.7. The van der Waals surface area contributed by atoms with Crippen LogP contribution in [0.2, 0.25) is 5.02 Å². The molecule has 0 atom stereocenters. The van der Waals surface area contributed by atoms with Gasteiger partial charge in [0.2, 0.25) is 0 Å². The summed E-state index contributed by atoms with van der Waals surface area (Å²) in [5, 5.41) is 4.30. The number of benzene rings is 1. The van der Waals surface area contributed by atoms with E-state index in [2.05, 4.69) is 18.3 Å². The van der Waals surface area contributed by atoms with Crippen LogP contribution in [0, 0.1) is 0 Å². The Morgan fingerprint density at radius 2 is 2.00 bits per heavy atom. The highest BCUT2D eigenvalue weighted by atomic mass is 35.5. The van der Waals surface area contributed by atoms with Crippen LogP contribution in [-0.2, 0) is 12.8 Å². The van der Waals surface area contributed by atoms with Crippen LogP contribution in [0.25, 0.3) is 0 Å². The maximum absolute atomic E-state index is 6.18. The summed E-state index contributed by atoms with van der Waals surface area (Å²) >= 11 is 6.18. The second kappa shape index (κ2) is 8.53. The predicted octanol–water partition coefficient (Wildman–Crippen LogP) is 4.38. The van der Waals surface area contributed by atoms with Crippen molar-refractivity contribution in [1.29, 1.82) is 0 Å². The molecular weight excluding hydrogens is 270 g/mol. The molecule has 0 spiro atoms. The van der Waals surface area contributed by atoms with Crippen molar-refractivity contribution in [2.75, 3.05) is 19.7 Å². The van der Waals surface area contributed by atoms with Gasteiger partial charge in [-0.2, -0.15) is 0 Å². The molecule has 0 bridgehead atoms. The van der Waals surface area contributed by atoms with Crippen LogP contribution in [-0.4, -0.2) is 19.7 Å².